The van der Waals surface area contributed by atoms with Crippen LogP contribution in [0.3, 0.4) is 0 Å². The number of halogens is 1. The van der Waals surface area contributed by atoms with Gasteiger partial charge in [0.2, 0.25) is 0 Å². The molecule has 9 nitrogen and oxygen atoms in total. The number of carbonyl (C=O) groups is 1. The second-order valence-corrected chi connectivity index (χ2v) is 7.26. The lowest BCUT2D eigenvalue weighted by Crippen LogP contribution is -2.39. The van der Waals surface area contributed by atoms with E-state index in [0.717, 1.165) is 12.8 Å². The summed E-state index contributed by atoms with van der Waals surface area (Å²) in [5, 5.41) is 12.8. The van der Waals surface area contributed by atoms with Crippen molar-refractivity contribution in [3.63, 3.8) is 0 Å². The number of hydrogen-bond acceptors (Lipinski definition) is 7. The number of benzene rings is 1. The van der Waals surface area contributed by atoms with E-state index in [0.29, 0.717) is 53.3 Å². The van der Waals surface area contributed by atoms with Gasteiger partial charge < -0.3 is 14.2 Å². The number of aromatic nitrogens is 5. The van der Waals surface area contributed by atoms with E-state index in [4.69, 9.17) is 20.9 Å². The zero-order valence-corrected chi connectivity index (χ0v) is 17.0. The minimum atomic E-state index is -0.0833. The van der Waals surface area contributed by atoms with Crippen molar-refractivity contribution in [1.82, 2.24) is 30.0 Å². The molecule has 4 rings (SSSR count). The molecule has 2 aromatic heterocycles. The van der Waals surface area contributed by atoms with Crippen molar-refractivity contribution in [3.8, 4) is 17.3 Å². The summed E-state index contributed by atoms with van der Waals surface area (Å²) >= 11 is 6.06. The lowest BCUT2D eigenvalue weighted by molar-refractivity contribution is 0.0686. The van der Waals surface area contributed by atoms with Gasteiger partial charge in [0, 0.05) is 24.5 Å². The van der Waals surface area contributed by atoms with Crippen molar-refractivity contribution >= 4 is 17.5 Å². The zero-order valence-electron chi connectivity index (χ0n) is 16.2. The number of methoxy groups -OCH3 is 1. The highest BCUT2D eigenvalue weighted by atomic mass is 35.5. The van der Waals surface area contributed by atoms with Crippen molar-refractivity contribution in [2.24, 2.45) is 0 Å². The summed E-state index contributed by atoms with van der Waals surface area (Å²) in [5.74, 6) is 1.44. The predicted octanol–water partition coefficient (Wildman–Crippen LogP) is 3.03. The molecule has 0 saturated carbocycles. The SMILES string of the molecule is CCc1noc(-c2cn(C3CCN(C(=O)c4cc(Cl)ccc4OC)CC3)nn2)n1. The van der Waals surface area contributed by atoms with Crippen LogP contribution in [0.1, 0.15) is 42.0 Å². The van der Waals surface area contributed by atoms with Gasteiger partial charge in [0.25, 0.3) is 11.8 Å². The van der Waals surface area contributed by atoms with Crippen molar-refractivity contribution in [2.75, 3.05) is 20.2 Å². The average Bonchev–Trinajstić information content (AvgIpc) is 3.43. The van der Waals surface area contributed by atoms with Crippen LogP contribution in [0.4, 0.5) is 0 Å². The maximum Gasteiger partial charge on any atom is 0.280 e. The Labute approximate surface area is 172 Å². The fourth-order valence-corrected chi connectivity index (χ4v) is 3.58. The average molecular weight is 417 g/mol. The van der Waals surface area contributed by atoms with Crippen LogP contribution < -0.4 is 4.74 Å². The molecule has 1 fully saturated rings. The molecule has 10 heteroatoms. The molecule has 1 saturated heterocycles. The summed E-state index contributed by atoms with van der Waals surface area (Å²) in [6.45, 7) is 3.17. The quantitative estimate of drug-likeness (QED) is 0.630. The van der Waals surface area contributed by atoms with Gasteiger partial charge in [-0.3, -0.25) is 4.79 Å². The molecule has 29 heavy (non-hydrogen) atoms. The molecule has 3 aromatic rings. The van der Waals surface area contributed by atoms with Gasteiger partial charge in [0.05, 0.1) is 24.9 Å². The normalized spacial score (nSPS) is 14.9. The van der Waals surface area contributed by atoms with Gasteiger partial charge in [-0.25, -0.2) is 4.68 Å². The third-order valence-corrected chi connectivity index (χ3v) is 5.27. The molecule has 1 aromatic carbocycles. The van der Waals surface area contributed by atoms with Crippen LogP contribution in [0.25, 0.3) is 11.6 Å². The monoisotopic (exact) mass is 416 g/mol. The van der Waals surface area contributed by atoms with Crippen molar-refractivity contribution in [1.29, 1.82) is 0 Å². The van der Waals surface area contributed by atoms with Crippen LogP contribution in [0.5, 0.6) is 5.75 Å². The molecule has 0 N–H and O–H groups in total. The first-order valence-electron chi connectivity index (χ1n) is 9.46. The van der Waals surface area contributed by atoms with E-state index in [1.54, 1.807) is 25.3 Å². The highest BCUT2D eigenvalue weighted by Gasteiger charge is 2.27. The molecule has 1 aliphatic heterocycles. The molecule has 1 aliphatic rings. The van der Waals surface area contributed by atoms with E-state index in [1.807, 2.05) is 22.7 Å². The number of aryl methyl sites for hydroxylation is 1. The van der Waals surface area contributed by atoms with Gasteiger partial charge >= 0.3 is 0 Å². The number of carbonyl (C=O) groups excluding carboxylic acids is 1. The lowest BCUT2D eigenvalue weighted by Gasteiger charge is -2.32. The Morgan fingerprint density at radius 3 is 2.83 bits per heavy atom. The number of ether oxygens (including phenoxy) is 1. The Hall–Kier alpha value is -2.94. The van der Waals surface area contributed by atoms with Gasteiger partial charge in [-0.15, -0.1) is 5.10 Å². The van der Waals surface area contributed by atoms with E-state index in [1.165, 1.54) is 0 Å². The van der Waals surface area contributed by atoms with Crippen LogP contribution in [-0.2, 0) is 6.42 Å². The molecule has 3 heterocycles. The molecule has 152 valence electrons. The van der Waals surface area contributed by atoms with Crippen molar-refractivity contribution in [3.05, 3.63) is 40.8 Å². The molecule has 0 atom stereocenters. The first-order valence-corrected chi connectivity index (χ1v) is 9.84. The molecule has 0 unspecified atom stereocenters. The summed E-state index contributed by atoms with van der Waals surface area (Å²) in [5.41, 5.74) is 1.03. The van der Waals surface area contributed by atoms with E-state index >= 15 is 0 Å². The smallest absolute Gasteiger partial charge is 0.280 e. The van der Waals surface area contributed by atoms with Crippen LogP contribution in [0, 0.1) is 0 Å². The fourth-order valence-electron chi connectivity index (χ4n) is 3.41. The first kappa shape index (κ1) is 19.4. The number of likely N-dealkylation sites (tertiary alicyclic amines) is 1. The summed E-state index contributed by atoms with van der Waals surface area (Å²) in [6, 6.07) is 5.21. The van der Waals surface area contributed by atoms with Gasteiger partial charge in [0.1, 0.15) is 5.75 Å². The first-order chi connectivity index (χ1) is 14.1. The summed E-state index contributed by atoms with van der Waals surface area (Å²) in [7, 11) is 1.54. The number of piperidine rings is 1. The molecule has 0 bridgehead atoms. The van der Waals surface area contributed by atoms with Crippen LogP contribution in [0.2, 0.25) is 5.02 Å². The van der Waals surface area contributed by atoms with Crippen molar-refractivity contribution in [2.45, 2.75) is 32.2 Å². The second kappa shape index (κ2) is 8.20. The van der Waals surface area contributed by atoms with E-state index in [2.05, 4.69) is 20.5 Å². The molecule has 0 aliphatic carbocycles. The highest BCUT2D eigenvalue weighted by Crippen LogP contribution is 2.28. The Morgan fingerprint density at radius 1 is 1.34 bits per heavy atom. The van der Waals surface area contributed by atoms with E-state index < -0.39 is 0 Å². The third kappa shape index (κ3) is 3.95. The maximum atomic E-state index is 12.9. The summed E-state index contributed by atoms with van der Waals surface area (Å²) < 4.78 is 12.3. The van der Waals surface area contributed by atoms with Crippen LogP contribution >= 0.6 is 11.6 Å². The standard InChI is InChI=1S/C19H21ClN6O3/c1-3-17-21-18(29-23-17)15-11-26(24-22-15)13-6-8-25(9-7-13)19(27)14-10-12(20)4-5-16(14)28-2/h4-5,10-11,13H,3,6-9H2,1-2H3. The largest absolute Gasteiger partial charge is 0.496 e. The molecule has 1 amide bonds. The fraction of sp³-hybridized carbons (Fsp3) is 0.421. The van der Waals surface area contributed by atoms with Crippen LogP contribution in [0.15, 0.2) is 28.9 Å². The van der Waals surface area contributed by atoms with E-state index in [9.17, 15) is 4.79 Å². The molecular formula is C19H21ClN6O3. The van der Waals surface area contributed by atoms with Gasteiger partial charge in [0.15, 0.2) is 11.5 Å². The number of amides is 1. The Kier molecular flexibility index (Phi) is 5.48. The molecule has 0 radical (unpaired) electrons. The Balaban J connectivity index is 1.42. The maximum absolute atomic E-state index is 12.9. The van der Waals surface area contributed by atoms with Gasteiger partial charge in [-0.05, 0) is 31.0 Å². The minimum absolute atomic E-state index is 0.0833. The summed E-state index contributed by atoms with van der Waals surface area (Å²) in [6.07, 6.45) is 4.04. The van der Waals surface area contributed by atoms with Crippen molar-refractivity contribution < 1.29 is 14.1 Å². The lowest BCUT2D eigenvalue weighted by atomic mass is 10.0. The molecule has 0 spiro atoms. The van der Waals surface area contributed by atoms with Gasteiger partial charge in [-0.1, -0.05) is 28.9 Å². The number of nitrogens with zero attached hydrogens (tertiary/aromatic N) is 6. The number of hydrogen-bond donors (Lipinski definition) is 0. The topological polar surface area (TPSA) is 99.2 Å². The second-order valence-electron chi connectivity index (χ2n) is 6.82. The Bertz CT molecular complexity index is 1010. The number of rotatable bonds is 5. The Morgan fingerprint density at radius 2 is 2.14 bits per heavy atom. The minimum Gasteiger partial charge on any atom is -0.496 e. The highest BCUT2D eigenvalue weighted by molar-refractivity contribution is 6.31. The van der Waals surface area contributed by atoms with Gasteiger partial charge in [-0.2, -0.15) is 4.98 Å². The molecular weight excluding hydrogens is 396 g/mol. The van der Waals surface area contributed by atoms with Crippen LogP contribution in [-0.4, -0.2) is 56.1 Å². The predicted molar refractivity (Wildman–Crippen MR) is 105 cm³/mol. The van der Waals surface area contributed by atoms with E-state index in [-0.39, 0.29) is 11.9 Å². The summed E-state index contributed by atoms with van der Waals surface area (Å²) in [4.78, 5) is 19.0. The third-order valence-electron chi connectivity index (χ3n) is 5.03. The zero-order chi connectivity index (χ0) is 20.4.